The summed E-state index contributed by atoms with van der Waals surface area (Å²) in [6.45, 7) is 2.18. The van der Waals surface area contributed by atoms with Crippen molar-refractivity contribution in [2.75, 3.05) is 12.4 Å². The highest BCUT2D eigenvalue weighted by Gasteiger charge is 2.27. The Morgan fingerprint density at radius 1 is 1.25 bits per heavy atom. The highest BCUT2D eigenvalue weighted by atomic mass is 35.5. The van der Waals surface area contributed by atoms with Crippen LogP contribution in [0.15, 0.2) is 29.8 Å². The number of H-pyrrole nitrogens is 1. The molecule has 0 radical (unpaired) electrons. The van der Waals surface area contributed by atoms with Crippen LogP contribution in [0.4, 0.5) is 5.95 Å². The van der Waals surface area contributed by atoms with Gasteiger partial charge in [-0.3, -0.25) is 10.1 Å². The van der Waals surface area contributed by atoms with E-state index < -0.39 is 0 Å². The average molecular weight is 457 g/mol. The highest BCUT2D eigenvalue weighted by molar-refractivity contribution is 6.35. The second kappa shape index (κ2) is 10.4. The van der Waals surface area contributed by atoms with Crippen LogP contribution in [0, 0.1) is 5.92 Å². The number of halogens is 1. The van der Waals surface area contributed by atoms with Gasteiger partial charge < -0.3 is 16.4 Å². The lowest BCUT2D eigenvalue weighted by atomic mass is 9.90. The molecule has 0 spiro atoms. The number of aliphatic imine (C=N–C) groups is 1. The molecule has 0 aromatic carbocycles. The molecule has 8 nitrogen and oxygen atoms in total. The van der Waals surface area contributed by atoms with Gasteiger partial charge in [-0.2, -0.15) is 5.10 Å². The summed E-state index contributed by atoms with van der Waals surface area (Å²) in [5.74, 6) is 1.29. The fourth-order valence-corrected chi connectivity index (χ4v) is 4.58. The van der Waals surface area contributed by atoms with Crippen molar-refractivity contribution < 1.29 is 0 Å². The smallest absolute Gasteiger partial charge is 0.223 e. The zero-order valence-electron chi connectivity index (χ0n) is 18.8. The van der Waals surface area contributed by atoms with Gasteiger partial charge in [0.25, 0.3) is 0 Å². The maximum Gasteiger partial charge on any atom is 0.223 e. The van der Waals surface area contributed by atoms with Crippen molar-refractivity contribution in [3.63, 3.8) is 0 Å². The maximum atomic E-state index is 6.46. The van der Waals surface area contributed by atoms with Crippen molar-refractivity contribution in [3.05, 3.63) is 41.1 Å². The fraction of sp³-hybridized carbons (Fsp3) is 0.565. The molecule has 0 bridgehead atoms. The van der Waals surface area contributed by atoms with Gasteiger partial charge in [-0.1, -0.05) is 11.6 Å². The molecule has 2 aromatic rings. The number of hydrogen-bond donors (Lipinski definition) is 4. The molecule has 4 rings (SSSR count). The molecule has 0 amide bonds. The molecule has 2 aliphatic carbocycles. The molecule has 2 aromatic heterocycles. The van der Waals surface area contributed by atoms with E-state index in [1.807, 2.05) is 12.4 Å². The van der Waals surface area contributed by atoms with E-state index in [-0.39, 0.29) is 6.04 Å². The van der Waals surface area contributed by atoms with E-state index in [0.29, 0.717) is 34.7 Å². The van der Waals surface area contributed by atoms with E-state index >= 15 is 0 Å². The van der Waals surface area contributed by atoms with E-state index in [4.69, 9.17) is 22.3 Å². The summed E-state index contributed by atoms with van der Waals surface area (Å²) >= 11 is 6.46. The molecule has 5 N–H and O–H groups in total. The van der Waals surface area contributed by atoms with Crippen molar-refractivity contribution in [3.8, 4) is 0 Å². The summed E-state index contributed by atoms with van der Waals surface area (Å²) in [6, 6.07) is 1.12. The second-order valence-corrected chi connectivity index (χ2v) is 9.31. The van der Waals surface area contributed by atoms with Crippen LogP contribution in [0.25, 0.3) is 5.57 Å². The normalized spacial score (nSPS) is 23.2. The number of allylic oxidation sites excluding steroid dienone is 1. The van der Waals surface area contributed by atoms with Crippen LogP contribution in [-0.2, 0) is 0 Å². The Bertz CT molecular complexity index is 943. The van der Waals surface area contributed by atoms with Gasteiger partial charge in [0, 0.05) is 54.4 Å². The molecule has 2 fully saturated rings. The summed E-state index contributed by atoms with van der Waals surface area (Å²) in [6.07, 6.45) is 14.8. The number of nitrogens with zero attached hydrogens (tertiary/aromatic N) is 4. The number of aromatic amines is 1. The third-order valence-electron chi connectivity index (χ3n) is 6.49. The Balaban J connectivity index is 1.36. The number of anilines is 1. The highest BCUT2D eigenvalue weighted by Crippen LogP contribution is 2.36. The van der Waals surface area contributed by atoms with Crippen molar-refractivity contribution in [2.45, 2.75) is 70.0 Å². The number of hydrogen-bond acceptors (Lipinski definition) is 7. The lowest BCUT2D eigenvalue weighted by molar-refractivity contribution is 0.330. The number of aromatic nitrogens is 4. The van der Waals surface area contributed by atoms with Crippen LogP contribution in [0.2, 0.25) is 5.02 Å². The summed E-state index contributed by atoms with van der Waals surface area (Å²) in [4.78, 5) is 13.6. The SMILES string of the molecule is CN=C(CC1CC1)C(=CN)c1nc(NC2CCC(NC(C)c3cn[nH]c3)CC2)ncc1Cl. The predicted molar refractivity (Wildman–Crippen MR) is 130 cm³/mol. The van der Waals surface area contributed by atoms with E-state index in [1.54, 1.807) is 19.4 Å². The number of rotatable bonds is 9. The van der Waals surface area contributed by atoms with E-state index in [0.717, 1.165) is 43.4 Å². The minimum atomic E-state index is 0.289. The summed E-state index contributed by atoms with van der Waals surface area (Å²) in [5, 5.41) is 14.6. The van der Waals surface area contributed by atoms with Crippen LogP contribution >= 0.6 is 11.6 Å². The van der Waals surface area contributed by atoms with E-state index in [2.05, 4.69) is 37.7 Å². The van der Waals surface area contributed by atoms with Crippen LogP contribution in [-0.4, -0.2) is 45.0 Å². The summed E-state index contributed by atoms with van der Waals surface area (Å²) in [5.41, 5.74) is 9.57. The van der Waals surface area contributed by atoms with Crippen molar-refractivity contribution in [2.24, 2.45) is 16.6 Å². The van der Waals surface area contributed by atoms with Crippen molar-refractivity contribution >= 4 is 28.8 Å². The van der Waals surface area contributed by atoms with Gasteiger partial charge in [0.2, 0.25) is 5.95 Å². The number of nitrogens with one attached hydrogen (secondary N) is 3. The quantitative estimate of drug-likeness (QED) is 0.422. The molecule has 32 heavy (non-hydrogen) atoms. The van der Waals surface area contributed by atoms with Gasteiger partial charge in [0.15, 0.2) is 0 Å². The molecule has 9 heteroatoms. The van der Waals surface area contributed by atoms with Gasteiger partial charge >= 0.3 is 0 Å². The zero-order chi connectivity index (χ0) is 22.5. The molecule has 2 heterocycles. The van der Waals surface area contributed by atoms with E-state index in [1.165, 1.54) is 18.4 Å². The fourth-order valence-electron chi connectivity index (χ4n) is 4.39. The van der Waals surface area contributed by atoms with Crippen LogP contribution in [0.1, 0.15) is 69.2 Å². The van der Waals surface area contributed by atoms with Crippen molar-refractivity contribution in [1.82, 2.24) is 25.5 Å². The Morgan fingerprint density at radius 3 is 2.62 bits per heavy atom. The Hall–Kier alpha value is -2.45. The van der Waals surface area contributed by atoms with Gasteiger partial charge in [0.05, 0.1) is 23.1 Å². The molecule has 0 aliphatic heterocycles. The minimum Gasteiger partial charge on any atom is -0.404 e. The Labute approximate surface area is 194 Å². The minimum absolute atomic E-state index is 0.289. The zero-order valence-corrected chi connectivity index (χ0v) is 19.6. The molecular weight excluding hydrogens is 424 g/mol. The molecule has 1 unspecified atom stereocenters. The lowest BCUT2D eigenvalue weighted by Crippen LogP contribution is -2.38. The molecule has 0 saturated heterocycles. The number of nitrogens with two attached hydrogens (primary N) is 1. The van der Waals surface area contributed by atoms with Crippen LogP contribution < -0.4 is 16.4 Å². The topological polar surface area (TPSA) is 117 Å². The first-order chi connectivity index (χ1) is 15.6. The summed E-state index contributed by atoms with van der Waals surface area (Å²) < 4.78 is 0. The van der Waals surface area contributed by atoms with Gasteiger partial charge in [-0.15, -0.1) is 0 Å². The van der Waals surface area contributed by atoms with Gasteiger partial charge in [-0.25, -0.2) is 9.97 Å². The second-order valence-electron chi connectivity index (χ2n) is 8.90. The third kappa shape index (κ3) is 5.66. The Kier molecular flexibility index (Phi) is 7.42. The molecule has 1 atom stereocenters. The van der Waals surface area contributed by atoms with Gasteiger partial charge in [-0.05, 0) is 57.8 Å². The van der Waals surface area contributed by atoms with Crippen LogP contribution in [0.5, 0.6) is 0 Å². The maximum absolute atomic E-state index is 6.46. The Morgan fingerprint density at radius 2 is 2.00 bits per heavy atom. The predicted octanol–water partition coefficient (Wildman–Crippen LogP) is 4.10. The third-order valence-corrected chi connectivity index (χ3v) is 6.77. The van der Waals surface area contributed by atoms with Gasteiger partial charge in [0.1, 0.15) is 0 Å². The summed E-state index contributed by atoms with van der Waals surface area (Å²) in [7, 11) is 1.80. The van der Waals surface area contributed by atoms with Crippen LogP contribution in [0.3, 0.4) is 0 Å². The first-order valence-electron chi connectivity index (χ1n) is 11.5. The molecule has 2 saturated carbocycles. The monoisotopic (exact) mass is 456 g/mol. The first-order valence-corrected chi connectivity index (χ1v) is 11.9. The standard InChI is InChI=1S/C23H33ClN8/c1-14(16-11-28-29-12-16)30-17-5-7-18(8-6-17)31-23-27-13-20(24)22(32-23)19(10-25)21(26-2)9-15-3-4-15/h10-15,17-18,30H,3-9,25H2,1-2H3,(H,28,29)(H,27,31,32). The lowest BCUT2D eigenvalue weighted by Gasteiger charge is -2.31. The average Bonchev–Trinajstić information content (AvgIpc) is 3.45. The largest absolute Gasteiger partial charge is 0.404 e. The molecular formula is C23H33ClN8. The van der Waals surface area contributed by atoms with Crippen molar-refractivity contribution in [1.29, 1.82) is 0 Å². The van der Waals surface area contributed by atoms with E-state index in [9.17, 15) is 0 Å². The first kappa shape index (κ1) is 22.7. The molecule has 172 valence electrons. The molecule has 2 aliphatic rings.